The second-order valence-corrected chi connectivity index (χ2v) is 4.49. The summed E-state index contributed by atoms with van der Waals surface area (Å²) in [6.45, 7) is 2.67. The lowest BCUT2D eigenvalue weighted by Crippen LogP contribution is -2.18. The molecule has 0 unspecified atom stereocenters. The van der Waals surface area contributed by atoms with Gasteiger partial charge in [-0.3, -0.25) is 4.79 Å². The lowest BCUT2D eigenvalue weighted by molar-refractivity contribution is -0.141. The molecule has 1 aliphatic rings. The van der Waals surface area contributed by atoms with Crippen molar-refractivity contribution in [1.82, 2.24) is 9.55 Å². The van der Waals surface area contributed by atoms with Gasteiger partial charge in [-0.1, -0.05) is 13.3 Å². The third kappa shape index (κ3) is 2.10. The number of esters is 1. The molecule has 2 rings (SSSR count). The number of rotatable bonds is 4. The van der Waals surface area contributed by atoms with Crippen LogP contribution in [0.4, 0.5) is 0 Å². The molecule has 0 aromatic carbocycles. The second kappa shape index (κ2) is 4.68. The van der Waals surface area contributed by atoms with Gasteiger partial charge in [-0.25, -0.2) is 4.98 Å². The van der Waals surface area contributed by atoms with Gasteiger partial charge in [0.05, 0.1) is 18.9 Å². The van der Waals surface area contributed by atoms with E-state index in [1.165, 1.54) is 5.69 Å². The number of aryl methyl sites for hydroxylation is 1. The summed E-state index contributed by atoms with van der Waals surface area (Å²) in [5.74, 6) is 0.386. The van der Waals surface area contributed by atoms with Crippen molar-refractivity contribution in [1.29, 1.82) is 0 Å². The van der Waals surface area contributed by atoms with Gasteiger partial charge < -0.3 is 9.30 Å². The molecular formula is C12H18N2O2. The molecule has 1 aromatic heterocycles. The highest BCUT2D eigenvalue weighted by Crippen LogP contribution is 2.29. The number of carbonyl (C=O) groups excluding carboxylic acids is 1. The highest BCUT2D eigenvalue weighted by molar-refractivity contribution is 5.74. The van der Waals surface area contributed by atoms with Gasteiger partial charge in [0.2, 0.25) is 0 Å². The zero-order valence-electron chi connectivity index (χ0n) is 9.85. The van der Waals surface area contributed by atoms with Crippen LogP contribution in [0.3, 0.4) is 0 Å². The second-order valence-electron chi connectivity index (χ2n) is 4.49. The molecule has 2 heterocycles. The van der Waals surface area contributed by atoms with Crippen molar-refractivity contribution in [2.45, 2.75) is 26.2 Å². The fraction of sp³-hybridized carbons (Fsp3) is 0.667. The number of carbonyl (C=O) groups is 1. The van der Waals surface area contributed by atoms with E-state index in [0.29, 0.717) is 12.5 Å². The molecule has 0 saturated carbocycles. The molecule has 4 nitrogen and oxygen atoms in total. The minimum atomic E-state index is -0.0194. The summed E-state index contributed by atoms with van der Waals surface area (Å²) in [5, 5.41) is 0. The van der Waals surface area contributed by atoms with Crippen LogP contribution in [-0.2, 0) is 23.0 Å². The molecule has 0 N–H and O–H groups in total. The maximum absolute atomic E-state index is 11.5. The van der Waals surface area contributed by atoms with E-state index >= 15 is 0 Å². The van der Waals surface area contributed by atoms with Crippen molar-refractivity contribution in [3.8, 4) is 0 Å². The van der Waals surface area contributed by atoms with Crippen molar-refractivity contribution >= 4 is 5.97 Å². The summed E-state index contributed by atoms with van der Waals surface area (Å²) in [5.41, 5.74) is 1.17. The molecule has 1 saturated heterocycles. The third-order valence-corrected chi connectivity index (χ3v) is 3.30. The normalized spacial score (nSPS) is 24.8. The third-order valence-electron chi connectivity index (χ3n) is 3.30. The first kappa shape index (κ1) is 11.2. The Balaban J connectivity index is 2.04. The molecule has 1 aliphatic heterocycles. The van der Waals surface area contributed by atoms with E-state index in [1.807, 2.05) is 17.8 Å². The average Bonchev–Trinajstić information content (AvgIpc) is 2.80. The minimum Gasteiger partial charge on any atom is -0.465 e. The quantitative estimate of drug-likeness (QED) is 0.726. The number of hydrogen-bond acceptors (Lipinski definition) is 3. The number of nitrogens with zero attached hydrogens (tertiary/aromatic N) is 2. The largest absolute Gasteiger partial charge is 0.465 e. The standard InChI is InChI=1S/C12H18N2O2/c1-3-4-11-9(7-16-12(11)15)5-10-6-13-8-14(10)2/h6,8-9,11H,3-5,7H2,1-2H3/t9-,11-/m1/s1. The van der Waals surface area contributed by atoms with Crippen molar-refractivity contribution in [3.63, 3.8) is 0 Å². The Morgan fingerprint density at radius 1 is 1.62 bits per heavy atom. The van der Waals surface area contributed by atoms with E-state index in [-0.39, 0.29) is 11.9 Å². The van der Waals surface area contributed by atoms with Crippen molar-refractivity contribution < 1.29 is 9.53 Å². The van der Waals surface area contributed by atoms with Gasteiger partial charge in [0, 0.05) is 24.9 Å². The van der Waals surface area contributed by atoms with E-state index in [9.17, 15) is 4.79 Å². The maximum atomic E-state index is 11.5. The predicted octanol–water partition coefficient (Wildman–Crippen LogP) is 1.55. The molecule has 0 aliphatic carbocycles. The molecule has 88 valence electrons. The Labute approximate surface area is 95.6 Å². The van der Waals surface area contributed by atoms with Crippen LogP contribution in [0.1, 0.15) is 25.5 Å². The zero-order chi connectivity index (χ0) is 11.5. The summed E-state index contributed by atoms with van der Waals surface area (Å²) in [7, 11) is 1.98. The molecule has 0 radical (unpaired) electrons. The topological polar surface area (TPSA) is 44.1 Å². The smallest absolute Gasteiger partial charge is 0.309 e. The molecule has 4 heteroatoms. The van der Waals surface area contributed by atoms with Crippen molar-refractivity contribution in [2.24, 2.45) is 18.9 Å². The van der Waals surface area contributed by atoms with Gasteiger partial charge in [0.15, 0.2) is 0 Å². The van der Waals surface area contributed by atoms with Crippen molar-refractivity contribution in [3.05, 3.63) is 18.2 Å². The van der Waals surface area contributed by atoms with Crippen LogP contribution in [0.5, 0.6) is 0 Å². The van der Waals surface area contributed by atoms with Crippen LogP contribution in [0.25, 0.3) is 0 Å². The lowest BCUT2D eigenvalue weighted by atomic mass is 9.88. The minimum absolute atomic E-state index is 0.0194. The van der Waals surface area contributed by atoms with E-state index in [4.69, 9.17) is 4.74 Å². The molecule has 2 atom stereocenters. The van der Waals surface area contributed by atoms with Crippen LogP contribution in [0.15, 0.2) is 12.5 Å². The van der Waals surface area contributed by atoms with Crippen LogP contribution in [0, 0.1) is 11.8 Å². The Bertz CT molecular complexity index is 373. The molecule has 0 amide bonds. The molecule has 0 bridgehead atoms. The summed E-state index contributed by atoms with van der Waals surface area (Å²) in [6, 6.07) is 0. The first-order valence-corrected chi connectivity index (χ1v) is 5.84. The number of aromatic nitrogens is 2. The Morgan fingerprint density at radius 3 is 3.06 bits per heavy atom. The van der Waals surface area contributed by atoms with Gasteiger partial charge in [0.1, 0.15) is 0 Å². The predicted molar refractivity (Wildman–Crippen MR) is 59.8 cm³/mol. The summed E-state index contributed by atoms with van der Waals surface area (Å²) >= 11 is 0. The fourth-order valence-corrected chi connectivity index (χ4v) is 2.32. The summed E-state index contributed by atoms with van der Waals surface area (Å²) < 4.78 is 7.16. The van der Waals surface area contributed by atoms with E-state index in [2.05, 4.69) is 11.9 Å². The van der Waals surface area contributed by atoms with Gasteiger partial charge in [-0.15, -0.1) is 0 Å². The zero-order valence-corrected chi connectivity index (χ0v) is 9.85. The lowest BCUT2D eigenvalue weighted by Gasteiger charge is -2.14. The molecular weight excluding hydrogens is 204 g/mol. The van der Waals surface area contributed by atoms with Crippen molar-refractivity contribution in [2.75, 3.05) is 6.61 Å². The van der Waals surface area contributed by atoms with Crippen LogP contribution in [0.2, 0.25) is 0 Å². The average molecular weight is 222 g/mol. The van der Waals surface area contributed by atoms with E-state index in [1.54, 1.807) is 6.33 Å². The molecule has 1 aromatic rings. The maximum Gasteiger partial charge on any atom is 0.309 e. The Hall–Kier alpha value is -1.32. The summed E-state index contributed by atoms with van der Waals surface area (Å²) in [6.07, 6.45) is 6.50. The first-order chi connectivity index (χ1) is 7.72. The number of cyclic esters (lactones) is 1. The van der Waals surface area contributed by atoms with Crippen LogP contribution in [-0.4, -0.2) is 22.1 Å². The molecule has 1 fully saturated rings. The van der Waals surface area contributed by atoms with Gasteiger partial charge >= 0.3 is 5.97 Å². The molecule has 0 spiro atoms. The number of imidazole rings is 1. The van der Waals surface area contributed by atoms with E-state index < -0.39 is 0 Å². The Kier molecular flexibility index (Phi) is 3.27. The molecule has 16 heavy (non-hydrogen) atoms. The highest BCUT2D eigenvalue weighted by atomic mass is 16.5. The fourth-order valence-electron chi connectivity index (χ4n) is 2.32. The number of ether oxygens (including phenoxy) is 1. The summed E-state index contributed by atoms with van der Waals surface area (Å²) in [4.78, 5) is 15.6. The highest BCUT2D eigenvalue weighted by Gasteiger charge is 2.36. The van der Waals surface area contributed by atoms with Gasteiger partial charge in [0.25, 0.3) is 0 Å². The van der Waals surface area contributed by atoms with Gasteiger partial charge in [-0.2, -0.15) is 0 Å². The van der Waals surface area contributed by atoms with Crippen LogP contribution >= 0.6 is 0 Å². The van der Waals surface area contributed by atoms with Gasteiger partial charge in [-0.05, 0) is 12.8 Å². The van der Waals surface area contributed by atoms with Crippen LogP contribution < -0.4 is 0 Å². The first-order valence-electron chi connectivity index (χ1n) is 5.84. The monoisotopic (exact) mass is 222 g/mol. The van der Waals surface area contributed by atoms with E-state index in [0.717, 1.165) is 19.3 Å². The number of hydrogen-bond donors (Lipinski definition) is 0. The SMILES string of the molecule is CCC[C@H]1C(=O)OC[C@H]1Cc1cncn1C. The Morgan fingerprint density at radius 2 is 2.44 bits per heavy atom.